The molecule has 0 saturated heterocycles. The Balaban J connectivity index is 0.00000196. The lowest BCUT2D eigenvalue weighted by Crippen LogP contribution is -3.00. The first kappa shape index (κ1) is 18.9. The third-order valence-corrected chi connectivity index (χ3v) is 4.87. The summed E-state index contributed by atoms with van der Waals surface area (Å²) in [5.41, 5.74) is 2.68. The highest BCUT2D eigenvalue weighted by Crippen LogP contribution is 2.30. The second-order valence-electron chi connectivity index (χ2n) is 5.52. The summed E-state index contributed by atoms with van der Waals surface area (Å²) >= 11 is 8.63. The number of nitrogens with zero attached hydrogens (tertiary/aromatic N) is 2. The maximum Gasteiger partial charge on any atom is 0.163 e. The van der Waals surface area contributed by atoms with Crippen LogP contribution >= 0.6 is 34.2 Å². The second-order valence-corrected chi connectivity index (χ2v) is 7.18. The molecule has 0 fully saturated rings. The van der Waals surface area contributed by atoms with Gasteiger partial charge in [-0.2, -0.15) is 0 Å². The Labute approximate surface area is 176 Å². The Bertz CT molecular complexity index is 1050. The van der Waals surface area contributed by atoms with Crippen molar-refractivity contribution < 1.29 is 12.4 Å². The molecule has 4 rings (SSSR count). The number of hydrogen-bond donors (Lipinski definition) is 1. The van der Waals surface area contributed by atoms with Crippen LogP contribution in [0.2, 0.25) is 5.02 Å². The lowest BCUT2D eigenvalue weighted by Gasteiger charge is -2.12. The van der Waals surface area contributed by atoms with Gasteiger partial charge in [-0.05, 0) is 71.1 Å². The molecular weight excluding hydrogens is 480 g/mol. The molecule has 130 valence electrons. The molecule has 0 amide bonds. The quantitative estimate of drug-likeness (QED) is 0.446. The monoisotopic (exact) mass is 492 g/mol. The summed E-state index contributed by atoms with van der Waals surface area (Å²) in [6.45, 7) is 0. The summed E-state index contributed by atoms with van der Waals surface area (Å²) < 4.78 is 1.19. The molecule has 26 heavy (non-hydrogen) atoms. The first-order valence-corrected chi connectivity index (χ1v) is 9.21. The highest BCUT2D eigenvalue weighted by atomic mass is 127. The van der Waals surface area contributed by atoms with E-state index in [1.165, 1.54) is 3.57 Å². The summed E-state index contributed by atoms with van der Waals surface area (Å²) in [4.78, 5) is 9.43. The molecule has 0 atom stereocenters. The van der Waals surface area contributed by atoms with Gasteiger partial charge in [0.1, 0.15) is 5.82 Å². The fourth-order valence-corrected chi connectivity index (χ4v) is 3.18. The van der Waals surface area contributed by atoms with Gasteiger partial charge in [0, 0.05) is 20.2 Å². The van der Waals surface area contributed by atoms with E-state index in [1.54, 1.807) is 0 Å². The highest BCUT2D eigenvalue weighted by molar-refractivity contribution is 14.1. The van der Waals surface area contributed by atoms with Crippen LogP contribution < -0.4 is 17.7 Å². The van der Waals surface area contributed by atoms with E-state index in [0.29, 0.717) is 10.8 Å². The smallest absolute Gasteiger partial charge is 0.163 e. The van der Waals surface area contributed by atoms with Crippen LogP contribution in [0.3, 0.4) is 0 Å². The van der Waals surface area contributed by atoms with Crippen molar-refractivity contribution >= 4 is 56.6 Å². The average molecular weight is 493 g/mol. The van der Waals surface area contributed by atoms with Gasteiger partial charge in [-0.3, -0.25) is 0 Å². The van der Waals surface area contributed by atoms with E-state index in [4.69, 9.17) is 16.6 Å². The van der Waals surface area contributed by atoms with Gasteiger partial charge < -0.3 is 17.7 Å². The maximum atomic E-state index is 6.34. The van der Waals surface area contributed by atoms with Crippen molar-refractivity contribution in [1.29, 1.82) is 0 Å². The summed E-state index contributed by atoms with van der Waals surface area (Å²) in [6, 6.07) is 23.8. The number of fused-ring (bicyclic) bond motifs is 1. The molecule has 0 aliphatic carbocycles. The lowest BCUT2D eigenvalue weighted by molar-refractivity contribution is -0.00000475. The fourth-order valence-electron chi connectivity index (χ4n) is 2.60. The summed E-state index contributed by atoms with van der Waals surface area (Å²) in [6.07, 6.45) is 0. The SMILES string of the molecule is Clc1ccccc1-c1nc(Nc2ccc(I)cc2)c2ccccc2n1.[Cl-]. The molecule has 4 aromatic rings. The number of hydrogen-bond acceptors (Lipinski definition) is 3. The van der Waals surface area contributed by atoms with Crippen LogP contribution in [-0.4, -0.2) is 9.97 Å². The molecule has 3 nitrogen and oxygen atoms in total. The third kappa shape index (κ3) is 3.92. The molecule has 6 heteroatoms. The maximum absolute atomic E-state index is 6.34. The number of rotatable bonds is 3. The van der Waals surface area contributed by atoms with Crippen molar-refractivity contribution in [2.24, 2.45) is 0 Å². The molecule has 0 saturated carbocycles. The Morgan fingerprint density at radius 1 is 0.808 bits per heavy atom. The Hall–Kier alpha value is -1.89. The van der Waals surface area contributed by atoms with Crippen molar-refractivity contribution in [3.63, 3.8) is 0 Å². The average Bonchev–Trinajstić information content (AvgIpc) is 2.64. The molecule has 0 aliphatic rings. The van der Waals surface area contributed by atoms with E-state index in [9.17, 15) is 0 Å². The van der Waals surface area contributed by atoms with Crippen molar-refractivity contribution in [1.82, 2.24) is 9.97 Å². The molecule has 0 unspecified atom stereocenters. The minimum absolute atomic E-state index is 0. The molecule has 0 spiro atoms. The zero-order valence-corrected chi connectivity index (χ0v) is 17.1. The largest absolute Gasteiger partial charge is 1.00 e. The molecule has 0 aliphatic heterocycles. The van der Waals surface area contributed by atoms with E-state index in [2.05, 4.69) is 45.0 Å². The number of nitrogens with one attached hydrogen (secondary N) is 1. The summed E-state index contributed by atoms with van der Waals surface area (Å²) in [7, 11) is 0. The van der Waals surface area contributed by atoms with Crippen LogP contribution in [0.4, 0.5) is 11.5 Å². The van der Waals surface area contributed by atoms with Crippen molar-refractivity contribution in [2.45, 2.75) is 0 Å². The molecular formula is C20H13Cl2IN3-. The van der Waals surface area contributed by atoms with Crippen LogP contribution in [0.15, 0.2) is 72.8 Å². The number of halogens is 3. The topological polar surface area (TPSA) is 37.8 Å². The van der Waals surface area contributed by atoms with Crippen LogP contribution in [0.1, 0.15) is 0 Å². The molecule has 0 bridgehead atoms. The Morgan fingerprint density at radius 2 is 1.50 bits per heavy atom. The van der Waals surface area contributed by atoms with Crippen molar-refractivity contribution in [2.75, 3.05) is 5.32 Å². The Morgan fingerprint density at radius 3 is 2.27 bits per heavy atom. The zero-order chi connectivity index (χ0) is 17.2. The van der Waals surface area contributed by atoms with Crippen LogP contribution in [0.25, 0.3) is 22.3 Å². The van der Waals surface area contributed by atoms with Gasteiger partial charge in [-0.15, -0.1) is 0 Å². The Kier molecular flexibility index (Phi) is 5.96. The number of aromatic nitrogens is 2. The molecule has 1 aromatic heterocycles. The lowest BCUT2D eigenvalue weighted by atomic mass is 10.1. The standard InChI is InChI=1S/C20H13ClIN3.ClH/c21-17-7-3-1-5-15(17)19-24-18-8-4-2-6-16(18)20(25-19)23-14-11-9-13(22)10-12-14;/h1-12H,(H,23,24,25);1H/p-1. The van der Waals surface area contributed by atoms with Gasteiger partial charge in [0.05, 0.1) is 10.5 Å². The first-order valence-electron chi connectivity index (χ1n) is 7.75. The third-order valence-electron chi connectivity index (χ3n) is 3.82. The molecule has 1 N–H and O–H groups in total. The van der Waals surface area contributed by atoms with E-state index < -0.39 is 0 Å². The van der Waals surface area contributed by atoms with Crippen LogP contribution in [0, 0.1) is 3.57 Å². The van der Waals surface area contributed by atoms with E-state index in [-0.39, 0.29) is 12.4 Å². The molecule has 3 aromatic carbocycles. The minimum atomic E-state index is 0. The number of benzene rings is 3. The van der Waals surface area contributed by atoms with Gasteiger partial charge >= 0.3 is 0 Å². The predicted molar refractivity (Wildman–Crippen MR) is 112 cm³/mol. The van der Waals surface area contributed by atoms with Gasteiger partial charge in [-0.25, -0.2) is 9.97 Å². The van der Waals surface area contributed by atoms with Crippen LogP contribution in [0.5, 0.6) is 0 Å². The second kappa shape index (κ2) is 8.20. The number of para-hydroxylation sites is 1. The van der Waals surface area contributed by atoms with Crippen LogP contribution in [-0.2, 0) is 0 Å². The highest BCUT2D eigenvalue weighted by Gasteiger charge is 2.11. The van der Waals surface area contributed by atoms with Gasteiger partial charge in [0.15, 0.2) is 5.82 Å². The number of anilines is 2. The van der Waals surface area contributed by atoms with Gasteiger partial charge in [0.2, 0.25) is 0 Å². The summed E-state index contributed by atoms with van der Waals surface area (Å²) in [5, 5.41) is 5.01. The van der Waals surface area contributed by atoms with Gasteiger partial charge in [-0.1, -0.05) is 35.9 Å². The zero-order valence-electron chi connectivity index (χ0n) is 13.5. The summed E-state index contributed by atoms with van der Waals surface area (Å²) in [5.74, 6) is 1.37. The first-order chi connectivity index (χ1) is 12.2. The van der Waals surface area contributed by atoms with Gasteiger partial charge in [0.25, 0.3) is 0 Å². The fraction of sp³-hybridized carbons (Fsp3) is 0. The molecule has 0 radical (unpaired) electrons. The normalized spacial score (nSPS) is 10.4. The minimum Gasteiger partial charge on any atom is -1.00 e. The van der Waals surface area contributed by atoms with E-state index >= 15 is 0 Å². The molecule has 1 heterocycles. The van der Waals surface area contributed by atoms with E-state index in [0.717, 1.165) is 28.0 Å². The van der Waals surface area contributed by atoms with Crippen molar-refractivity contribution in [3.05, 3.63) is 81.4 Å². The predicted octanol–water partition coefficient (Wildman–Crippen LogP) is 3.30. The van der Waals surface area contributed by atoms with Crippen molar-refractivity contribution in [3.8, 4) is 11.4 Å². The van der Waals surface area contributed by atoms with E-state index in [1.807, 2.05) is 60.7 Å².